The van der Waals surface area contributed by atoms with Gasteiger partial charge in [-0.2, -0.15) is 0 Å². The van der Waals surface area contributed by atoms with E-state index in [2.05, 4.69) is 21.2 Å². The van der Waals surface area contributed by atoms with Gasteiger partial charge >= 0.3 is 5.97 Å². The number of hydrogen-bond donors (Lipinski definition) is 2. The quantitative estimate of drug-likeness (QED) is 0.831. The van der Waals surface area contributed by atoms with E-state index < -0.39 is 11.4 Å². The molecule has 1 aromatic rings. The Kier molecular flexibility index (Phi) is 5.74. The lowest BCUT2D eigenvalue weighted by atomic mass is 9.85. The maximum absolute atomic E-state index is 12.0. The summed E-state index contributed by atoms with van der Waals surface area (Å²) in [5, 5.41) is 11.7. The third-order valence-corrected chi connectivity index (χ3v) is 3.49. The molecule has 0 spiro atoms. The number of carboxylic acid groups (broad SMARTS) is 1. The van der Waals surface area contributed by atoms with Crippen LogP contribution >= 0.6 is 15.9 Å². The van der Waals surface area contributed by atoms with Crippen molar-refractivity contribution in [1.82, 2.24) is 5.32 Å². The molecular formula is C15H20BrNO3. The van der Waals surface area contributed by atoms with Crippen LogP contribution < -0.4 is 5.32 Å². The predicted molar refractivity (Wildman–Crippen MR) is 81.4 cm³/mol. The summed E-state index contributed by atoms with van der Waals surface area (Å²) < 4.78 is 0.960. The van der Waals surface area contributed by atoms with Gasteiger partial charge in [0.25, 0.3) is 0 Å². The van der Waals surface area contributed by atoms with Gasteiger partial charge in [0.15, 0.2) is 0 Å². The molecule has 20 heavy (non-hydrogen) atoms. The van der Waals surface area contributed by atoms with Crippen molar-refractivity contribution < 1.29 is 14.7 Å². The molecule has 1 aromatic carbocycles. The molecular weight excluding hydrogens is 322 g/mol. The van der Waals surface area contributed by atoms with Gasteiger partial charge in [-0.3, -0.25) is 9.59 Å². The van der Waals surface area contributed by atoms with Crippen molar-refractivity contribution in [2.75, 3.05) is 0 Å². The van der Waals surface area contributed by atoms with Crippen molar-refractivity contribution in [1.29, 1.82) is 0 Å². The Morgan fingerprint density at radius 1 is 1.35 bits per heavy atom. The van der Waals surface area contributed by atoms with Crippen LogP contribution in [0.15, 0.2) is 28.7 Å². The number of carboxylic acids is 1. The van der Waals surface area contributed by atoms with Crippen LogP contribution in [0.1, 0.15) is 45.2 Å². The number of amides is 1. The number of hydrogen-bond acceptors (Lipinski definition) is 2. The molecule has 0 aliphatic heterocycles. The number of carbonyl (C=O) groups is 2. The molecule has 0 fully saturated rings. The van der Waals surface area contributed by atoms with Gasteiger partial charge in [-0.1, -0.05) is 41.9 Å². The number of nitrogens with one attached hydrogen (secondary N) is 1. The topological polar surface area (TPSA) is 66.4 Å². The number of aliphatic carboxylic acids is 1. The zero-order chi connectivity index (χ0) is 15.3. The standard InChI is InChI=1S/C15H20BrNO3/c1-10(11-5-4-6-12(16)7-11)17-13(18)8-15(2,3)9-14(19)20/h4-7,10H,8-9H2,1-3H3,(H,17,18)(H,19,20)/t10-/m0/s1. The van der Waals surface area contributed by atoms with Crippen LogP contribution in [0.25, 0.3) is 0 Å². The maximum Gasteiger partial charge on any atom is 0.303 e. The summed E-state index contributed by atoms with van der Waals surface area (Å²) >= 11 is 3.39. The first-order valence-electron chi connectivity index (χ1n) is 6.46. The van der Waals surface area contributed by atoms with Crippen molar-refractivity contribution in [2.45, 2.75) is 39.7 Å². The third-order valence-electron chi connectivity index (χ3n) is 3.00. The van der Waals surface area contributed by atoms with Gasteiger partial charge in [-0.15, -0.1) is 0 Å². The fraction of sp³-hybridized carbons (Fsp3) is 0.467. The predicted octanol–water partition coefficient (Wildman–Crippen LogP) is 3.52. The summed E-state index contributed by atoms with van der Waals surface area (Å²) in [6, 6.07) is 7.62. The van der Waals surface area contributed by atoms with Gasteiger partial charge in [0.2, 0.25) is 5.91 Å². The summed E-state index contributed by atoms with van der Waals surface area (Å²) in [7, 11) is 0. The van der Waals surface area contributed by atoms with E-state index in [1.807, 2.05) is 31.2 Å². The van der Waals surface area contributed by atoms with Crippen LogP contribution in [-0.4, -0.2) is 17.0 Å². The highest BCUT2D eigenvalue weighted by atomic mass is 79.9. The number of benzene rings is 1. The summed E-state index contributed by atoms with van der Waals surface area (Å²) in [4.78, 5) is 22.7. The van der Waals surface area contributed by atoms with E-state index in [-0.39, 0.29) is 24.8 Å². The van der Waals surface area contributed by atoms with E-state index in [9.17, 15) is 9.59 Å². The fourth-order valence-corrected chi connectivity index (χ4v) is 2.48. The molecule has 5 heteroatoms. The largest absolute Gasteiger partial charge is 0.481 e. The lowest BCUT2D eigenvalue weighted by Crippen LogP contribution is -2.31. The molecule has 1 amide bonds. The molecule has 2 N–H and O–H groups in total. The van der Waals surface area contributed by atoms with Crippen LogP contribution in [-0.2, 0) is 9.59 Å². The van der Waals surface area contributed by atoms with Crippen LogP contribution in [0.2, 0.25) is 0 Å². The summed E-state index contributed by atoms with van der Waals surface area (Å²) in [6.45, 7) is 5.47. The average Bonchev–Trinajstić information content (AvgIpc) is 2.25. The Morgan fingerprint density at radius 2 is 2.00 bits per heavy atom. The van der Waals surface area contributed by atoms with Crippen molar-refractivity contribution in [3.05, 3.63) is 34.3 Å². The van der Waals surface area contributed by atoms with Crippen molar-refractivity contribution >= 4 is 27.8 Å². The Hall–Kier alpha value is -1.36. The van der Waals surface area contributed by atoms with E-state index in [1.54, 1.807) is 13.8 Å². The van der Waals surface area contributed by atoms with E-state index in [1.165, 1.54) is 0 Å². The zero-order valence-electron chi connectivity index (χ0n) is 11.9. The molecule has 110 valence electrons. The third kappa shape index (κ3) is 5.74. The molecule has 0 saturated carbocycles. The summed E-state index contributed by atoms with van der Waals surface area (Å²) in [5.74, 6) is -1.02. The molecule has 0 aliphatic carbocycles. The molecule has 0 aromatic heterocycles. The highest BCUT2D eigenvalue weighted by Gasteiger charge is 2.25. The Bertz CT molecular complexity index is 500. The van der Waals surface area contributed by atoms with Crippen LogP contribution in [0.3, 0.4) is 0 Å². The van der Waals surface area contributed by atoms with Gasteiger partial charge in [0.05, 0.1) is 12.5 Å². The smallest absolute Gasteiger partial charge is 0.303 e. The maximum atomic E-state index is 12.0. The lowest BCUT2D eigenvalue weighted by molar-refractivity contribution is -0.139. The van der Waals surface area contributed by atoms with Crippen LogP contribution in [0.4, 0.5) is 0 Å². The number of rotatable bonds is 6. The highest BCUT2D eigenvalue weighted by molar-refractivity contribution is 9.10. The Balaban J connectivity index is 2.60. The van der Waals surface area contributed by atoms with E-state index in [0.29, 0.717) is 0 Å². The van der Waals surface area contributed by atoms with Crippen molar-refractivity contribution in [3.8, 4) is 0 Å². The average molecular weight is 342 g/mol. The molecule has 0 heterocycles. The lowest BCUT2D eigenvalue weighted by Gasteiger charge is -2.23. The second-order valence-corrected chi connectivity index (χ2v) is 6.67. The van der Waals surface area contributed by atoms with Crippen LogP contribution in [0, 0.1) is 5.41 Å². The first-order chi connectivity index (χ1) is 9.19. The Morgan fingerprint density at radius 3 is 2.55 bits per heavy atom. The molecule has 4 nitrogen and oxygen atoms in total. The van der Waals surface area contributed by atoms with Crippen LogP contribution in [0.5, 0.6) is 0 Å². The van der Waals surface area contributed by atoms with Gasteiger partial charge in [0, 0.05) is 10.9 Å². The molecule has 0 aliphatic rings. The van der Waals surface area contributed by atoms with Gasteiger partial charge in [0.1, 0.15) is 0 Å². The Labute approximate surface area is 127 Å². The molecule has 0 unspecified atom stereocenters. The van der Waals surface area contributed by atoms with E-state index in [0.717, 1.165) is 10.0 Å². The SMILES string of the molecule is C[C@H](NC(=O)CC(C)(C)CC(=O)O)c1cccc(Br)c1. The number of halogens is 1. The second kappa shape index (κ2) is 6.88. The van der Waals surface area contributed by atoms with E-state index >= 15 is 0 Å². The first kappa shape index (κ1) is 16.7. The zero-order valence-corrected chi connectivity index (χ0v) is 13.5. The molecule has 0 radical (unpaired) electrons. The highest BCUT2D eigenvalue weighted by Crippen LogP contribution is 2.25. The second-order valence-electron chi connectivity index (χ2n) is 5.76. The summed E-state index contributed by atoms with van der Waals surface area (Å²) in [5.41, 5.74) is 0.455. The minimum Gasteiger partial charge on any atom is -0.481 e. The van der Waals surface area contributed by atoms with Gasteiger partial charge in [-0.25, -0.2) is 0 Å². The fourth-order valence-electron chi connectivity index (χ4n) is 2.06. The molecule has 0 saturated heterocycles. The summed E-state index contributed by atoms with van der Waals surface area (Å²) in [6.07, 6.45) is 0.170. The number of carbonyl (C=O) groups excluding carboxylic acids is 1. The first-order valence-corrected chi connectivity index (χ1v) is 7.25. The minimum absolute atomic E-state index is 0.0221. The normalized spacial score (nSPS) is 12.8. The van der Waals surface area contributed by atoms with Gasteiger partial charge < -0.3 is 10.4 Å². The van der Waals surface area contributed by atoms with E-state index in [4.69, 9.17) is 5.11 Å². The minimum atomic E-state index is -0.886. The van der Waals surface area contributed by atoms with Crippen molar-refractivity contribution in [2.24, 2.45) is 5.41 Å². The molecule has 0 bridgehead atoms. The molecule has 1 rings (SSSR count). The molecule has 1 atom stereocenters. The van der Waals surface area contributed by atoms with Crippen molar-refractivity contribution in [3.63, 3.8) is 0 Å². The van der Waals surface area contributed by atoms with Gasteiger partial charge in [-0.05, 0) is 30.0 Å². The monoisotopic (exact) mass is 341 g/mol.